The molecular formula is C23H18F8N4O5. The summed E-state index contributed by atoms with van der Waals surface area (Å²) >= 11 is 0. The van der Waals surface area contributed by atoms with Gasteiger partial charge in [0.05, 0.1) is 23.7 Å². The van der Waals surface area contributed by atoms with Crippen molar-refractivity contribution in [2.24, 2.45) is 0 Å². The molecule has 1 unspecified atom stereocenters. The van der Waals surface area contributed by atoms with Gasteiger partial charge in [0.15, 0.2) is 11.4 Å². The molecule has 1 aromatic carbocycles. The first-order chi connectivity index (χ1) is 18.6. The number of benzene rings is 1. The molecule has 0 radical (unpaired) electrons. The van der Waals surface area contributed by atoms with Crippen LogP contribution in [0.3, 0.4) is 0 Å². The molecule has 17 heteroatoms. The lowest BCUT2D eigenvalue weighted by molar-refractivity contribution is -0.193. The Morgan fingerprint density at radius 3 is 2.27 bits per heavy atom. The van der Waals surface area contributed by atoms with E-state index < -0.39 is 67.6 Å². The summed E-state index contributed by atoms with van der Waals surface area (Å²) in [6, 6.07) is 3.97. The first-order valence-electron chi connectivity index (χ1n) is 11.0. The number of nitrogens with zero attached hydrogens (tertiary/aromatic N) is 2. The molecule has 216 valence electrons. The molecule has 0 saturated carbocycles. The van der Waals surface area contributed by atoms with Crippen LogP contribution in [0.5, 0.6) is 5.75 Å². The van der Waals surface area contributed by atoms with Crippen LogP contribution in [0.1, 0.15) is 28.2 Å². The smallest absolute Gasteiger partial charge is 0.485 e. The molecule has 9 nitrogen and oxygen atoms in total. The lowest BCUT2D eigenvalue weighted by Gasteiger charge is -2.20. The monoisotopic (exact) mass is 582 g/mol. The van der Waals surface area contributed by atoms with E-state index in [0.717, 1.165) is 18.2 Å². The van der Waals surface area contributed by atoms with E-state index in [1.165, 1.54) is 35.0 Å². The van der Waals surface area contributed by atoms with Gasteiger partial charge in [-0.1, -0.05) is 6.07 Å². The van der Waals surface area contributed by atoms with Crippen molar-refractivity contribution in [3.05, 3.63) is 65.1 Å². The largest absolute Gasteiger partial charge is 0.491 e. The van der Waals surface area contributed by atoms with Crippen molar-refractivity contribution in [2.75, 3.05) is 6.54 Å². The fourth-order valence-corrected chi connectivity index (χ4v) is 3.45. The van der Waals surface area contributed by atoms with Crippen molar-refractivity contribution >= 4 is 23.6 Å². The average Bonchev–Trinajstić information content (AvgIpc) is 3.17. The van der Waals surface area contributed by atoms with Gasteiger partial charge in [-0.3, -0.25) is 9.20 Å². The van der Waals surface area contributed by atoms with Crippen LogP contribution in [0.2, 0.25) is 0 Å². The Morgan fingerprint density at radius 2 is 1.68 bits per heavy atom. The van der Waals surface area contributed by atoms with Crippen molar-refractivity contribution < 1.29 is 59.0 Å². The zero-order valence-electron chi connectivity index (χ0n) is 20.1. The van der Waals surface area contributed by atoms with E-state index in [0.29, 0.717) is 0 Å². The van der Waals surface area contributed by atoms with E-state index in [4.69, 9.17) is 4.74 Å². The van der Waals surface area contributed by atoms with Gasteiger partial charge in [-0.25, -0.2) is 23.4 Å². The van der Waals surface area contributed by atoms with Crippen LogP contribution in [-0.2, 0) is 16.1 Å². The molecule has 40 heavy (non-hydrogen) atoms. The SMILES string of the molecule is Cc1nc2c(OCc3c(F)cccc3F)cccn2c1C(=O)NCC(CC(F)(F)F)NC(=O)OC(=O)C(F)(F)F. The second-order valence-corrected chi connectivity index (χ2v) is 8.15. The summed E-state index contributed by atoms with van der Waals surface area (Å²) in [5.74, 6) is -5.67. The van der Waals surface area contributed by atoms with E-state index in [1.807, 2.05) is 0 Å². The van der Waals surface area contributed by atoms with Crippen LogP contribution in [0.15, 0.2) is 36.5 Å². The van der Waals surface area contributed by atoms with Crippen LogP contribution in [-0.4, -0.2) is 52.3 Å². The molecule has 2 heterocycles. The van der Waals surface area contributed by atoms with Crippen molar-refractivity contribution in [1.82, 2.24) is 20.0 Å². The molecule has 0 aliphatic rings. The Hall–Kier alpha value is -4.44. The van der Waals surface area contributed by atoms with E-state index in [2.05, 4.69) is 15.0 Å². The molecule has 0 bridgehead atoms. The first kappa shape index (κ1) is 30.1. The maximum absolute atomic E-state index is 13.9. The summed E-state index contributed by atoms with van der Waals surface area (Å²) in [6.45, 7) is -0.111. The number of rotatable bonds is 8. The van der Waals surface area contributed by atoms with Crippen molar-refractivity contribution in [3.8, 4) is 5.75 Å². The number of fused-ring (bicyclic) bond motifs is 1. The minimum atomic E-state index is -5.57. The minimum absolute atomic E-state index is 0.000921. The maximum atomic E-state index is 13.9. The Bertz CT molecular complexity index is 1400. The maximum Gasteiger partial charge on any atom is 0.491 e. The third kappa shape index (κ3) is 7.57. The number of esters is 1. The van der Waals surface area contributed by atoms with Gasteiger partial charge in [0.2, 0.25) is 0 Å². The summed E-state index contributed by atoms with van der Waals surface area (Å²) in [4.78, 5) is 39.3. The molecule has 0 aliphatic carbocycles. The number of nitrogens with one attached hydrogen (secondary N) is 2. The molecule has 0 fully saturated rings. The van der Waals surface area contributed by atoms with Crippen LogP contribution in [0, 0.1) is 18.6 Å². The van der Waals surface area contributed by atoms with Gasteiger partial charge >= 0.3 is 24.4 Å². The van der Waals surface area contributed by atoms with Gasteiger partial charge in [-0.05, 0) is 31.2 Å². The number of imidazole rings is 1. The Kier molecular flexibility index (Phi) is 8.84. The number of hydrogen-bond acceptors (Lipinski definition) is 6. The molecule has 0 saturated heterocycles. The number of ether oxygens (including phenoxy) is 2. The van der Waals surface area contributed by atoms with Gasteiger partial charge < -0.3 is 20.1 Å². The highest BCUT2D eigenvalue weighted by Crippen LogP contribution is 2.25. The molecule has 2 amide bonds. The second-order valence-electron chi connectivity index (χ2n) is 8.15. The Labute approximate surface area is 219 Å². The quantitative estimate of drug-likeness (QED) is 0.232. The molecular weight excluding hydrogens is 564 g/mol. The van der Waals surface area contributed by atoms with Crippen LogP contribution >= 0.6 is 0 Å². The highest BCUT2D eigenvalue weighted by Gasteiger charge is 2.43. The van der Waals surface area contributed by atoms with Crippen molar-refractivity contribution in [2.45, 2.75) is 38.3 Å². The number of alkyl carbamates (subject to hydrolysis) is 1. The fourth-order valence-electron chi connectivity index (χ4n) is 3.45. The van der Waals surface area contributed by atoms with Gasteiger partial charge in [-0.2, -0.15) is 26.3 Å². The third-order valence-electron chi connectivity index (χ3n) is 5.16. The number of carbonyl (C=O) groups is 3. The normalized spacial score (nSPS) is 12.6. The number of halogens is 8. The predicted octanol–water partition coefficient (Wildman–Crippen LogP) is 4.37. The zero-order valence-corrected chi connectivity index (χ0v) is 20.1. The second kappa shape index (κ2) is 11.7. The number of aromatic nitrogens is 2. The first-order valence-corrected chi connectivity index (χ1v) is 11.0. The number of amides is 2. The predicted molar refractivity (Wildman–Crippen MR) is 118 cm³/mol. The van der Waals surface area contributed by atoms with Crippen LogP contribution in [0.4, 0.5) is 39.9 Å². The highest BCUT2D eigenvalue weighted by atomic mass is 19.4. The number of alkyl halides is 6. The van der Waals surface area contributed by atoms with Crippen LogP contribution < -0.4 is 15.4 Å². The third-order valence-corrected chi connectivity index (χ3v) is 5.16. The van der Waals surface area contributed by atoms with Crippen molar-refractivity contribution in [1.29, 1.82) is 0 Å². The van der Waals surface area contributed by atoms with Gasteiger partial charge in [-0.15, -0.1) is 0 Å². The zero-order chi connectivity index (χ0) is 29.8. The summed E-state index contributed by atoms with van der Waals surface area (Å²) in [6.07, 6.45) is -13.1. The topological polar surface area (TPSA) is 111 Å². The van der Waals surface area contributed by atoms with Gasteiger partial charge in [0.25, 0.3) is 5.91 Å². The molecule has 3 aromatic rings. The van der Waals surface area contributed by atoms with Crippen LogP contribution in [0.25, 0.3) is 5.65 Å². The highest BCUT2D eigenvalue weighted by molar-refractivity contribution is 5.95. The number of pyridine rings is 1. The van der Waals surface area contributed by atoms with Gasteiger partial charge in [0.1, 0.15) is 23.9 Å². The summed E-state index contributed by atoms with van der Waals surface area (Å²) < 4.78 is 114. The van der Waals surface area contributed by atoms with E-state index in [1.54, 1.807) is 0 Å². The van der Waals surface area contributed by atoms with Gasteiger partial charge in [0, 0.05) is 12.7 Å². The molecule has 3 rings (SSSR count). The van der Waals surface area contributed by atoms with E-state index >= 15 is 0 Å². The van der Waals surface area contributed by atoms with Crippen molar-refractivity contribution in [3.63, 3.8) is 0 Å². The Balaban J connectivity index is 1.76. The molecule has 1 atom stereocenters. The molecule has 2 N–H and O–H groups in total. The fraction of sp³-hybridized carbons (Fsp3) is 0.304. The Morgan fingerprint density at radius 1 is 1.02 bits per heavy atom. The molecule has 0 aliphatic heterocycles. The number of aryl methyl sites for hydroxylation is 1. The average molecular weight is 582 g/mol. The standard InChI is InChI=1S/C23H18F8N4O5/c1-11-17(19(36)32-9-12(8-22(26,27)28)34-21(38)40-20(37)23(29,30)31)35-7-3-6-16(18(35)33-11)39-10-13-14(24)4-2-5-15(13)25/h2-7,12H,8-10H2,1H3,(H,32,36)(H,34,38). The minimum Gasteiger partial charge on any atom is -0.485 e. The lowest BCUT2D eigenvalue weighted by atomic mass is 10.2. The number of carbonyl (C=O) groups excluding carboxylic acids is 3. The molecule has 2 aromatic heterocycles. The molecule has 0 spiro atoms. The summed E-state index contributed by atoms with van der Waals surface area (Å²) in [7, 11) is 0. The van der Waals surface area contributed by atoms with E-state index in [-0.39, 0.29) is 28.3 Å². The summed E-state index contributed by atoms with van der Waals surface area (Å²) in [5.41, 5.74) is -0.496. The number of hydrogen-bond donors (Lipinski definition) is 2. The summed E-state index contributed by atoms with van der Waals surface area (Å²) in [5, 5.41) is 3.56. The lowest BCUT2D eigenvalue weighted by Crippen LogP contribution is -2.47. The van der Waals surface area contributed by atoms with E-state index in [9.17, 15) is 49.5 Å².